The van der Waals surface area contributed by atoms with Crippen molar-refractivity contribution in [1.29, 1.82) is 5.26 Å². The lowest BCUT2D eigenvalue weighted by molar-refractivity contribution is -0.139. The van der Waals surface area contributed by atoms with E-state index in [-0.39, 0.29) is 5.97 Å². The molecule has 21 heavy (non-hydrogen) atoms. The van der Waals surface area contributed by atoms with Crippen LogP contribution in [-0.4, -0.2) is 12.6 Å². The monoisotopic (exact) mass is 285 g/mol. The summed E-state index contributed by atoms with van der Waals surface area (Å²) in [5.74, 6) is 0.0892. The Kier molecular flexibility index (Phi) is 7.89. The first-order chi connectivity index (χ1) is 10.2. The van der Waals surface area contributed by atoms with Crippen LogP contribution in [-0.2, 0) is 9.53 Å². The Balaban J connectivity index is 2.49. The van der Waals surface area contributed by atoms with Gasteiger partial charge in [0.05, 0.1) is 18.2 Å². The second kappa shape index (κ2) is 9.77. The lowest BCUT2D eigenvalue weighted by atomic mass is 10.0. The molecule has 0 aliphatic heterocycles. The second-order valence-corrected chi connectivity index (χ2v) is 5.08. The van der Waals surface area contributed by atoms with E-state index in [2.05, 4.69) is 19.9 Å². The number of carbonyl (C=O) groups excluding carboxylic acids is 1. The molecule has 0 saturated heterocycles. The van der Waals surface area contributed by atoms with Crippen molar-refractivity contribution in [2.75, 3.05) is 6.61 Å². The topological polar surface area (TPSA) is 50.1 Å². The van der Waals surface area contributed by atoms with Crippen LogP contribution in [0.25, 0.3) is 6.08 Å². The number of benzene rings is 1. The van der Waals surface area contributed by atoms with Gasteiger partial charge in [-0.15, -0.1) is 0 Å². The van der Waals surface area contributed by atoms with Crippen molar-refractivity contribution < 1.29 is 9.53 Å². The van der Waals surface area contributed by atoms with Crippen LogP contribution in [0.4, 0.5) is 0 Å². The fourth-order valence-corrected chi connectivity index (χ4v) is 2.05. The van der Waals surface area contributed by atoms with Gasteiger partial charge in [0.25, 0.3) is 0 Å². The number of hydrogen-bond donors (Lipinski definition) is 0. The van der Waals surface area contributed by atoms with Gasteiger partial charge in [0.1, 0.15) is 0 Å². The molecule has 0 aromatic heterocycles. The van der Waals surface area contributed by atoms with Crippen LogP contribution in [0.15, 0.2) is 30.3 Å². The van der Waals surface area contributed by atoms with Crippen LogP contribution < -0.4 is 0 Å². The molecule has 1 atom stereocenters. The van der Waals surface area contributed by atoms with Gasteiger partial charge in [-0.25, -0.2) is 4.79 Å². The van der Waals surface area contributed by atoms with Gasteiger partial charge in [0.2, 0.25) is 0 Å². The van der Waals surface area contributed by atoms with Gasteiger partial charge in [0.15, 0.2) is 0 Å². The van der Waals surface area contributed by atoms with Gasteiger partial charge in [-0.1, -0.05) is 51.3 Å². The number of unbranched alkanes of at least 4 members (excludes halogenated alkanes) is 1. The van der Waals surface area contributed by atoms with Crippen LogP contribution in [0.1, 0.15) is 50.7 Å². The number of ether oxygens (including phenoxy) is 1. The predicted molar refractivity (Wildman–Crippen MR) is 84.5 cm³/mol. The number of carbonyl (C=O) groups is 1. The van der Waals surface area contributed by atoms with Gasteiger partial charge in [0, 0.05) is 6.08 Å². The molecule has 0 bridgehead atoms. The molecule has 1 aromatic carbocycles. The number of rotatable bonds is 8. The molecule has 1 rings (SSSR count). The Bertz CT molecular complexity index is 514. The van der Waals surface area contributed by atoms with Gasteiger partial charge < -0.3 is 4.74 Å². The third-order valence-electron chi connectivity index (χ3n) is 3.48. The Labute approximate surface area is 127 Å². The highest BCUT2D eigenvalue weighted by atomic mass is 16.5. The van der Waals surface area contributed by atoms with Crippen LogP contribution in [0.5, 0.6) is 0 Å². The molecule has 0 radical (unpaired) electrons. The first kappa shape index (κ1) is 17.0. The van der Waals surface area contributed by atoms with E-state index in [4.69, 9.17) is 10.00 Å². The minimum atomic E-state index is -0.349. The van der Waals surface area contributed by atoms with Crippen LogP contribution in [0.3, 0.4) is 0 Å². The SMILES string of the molecule is CCCCC(CC)COC(=O)C=Cc1ccccc1C#N. The summed E-state index contributed by atoms with van der Waals surface area (Å²) in [6, 6.07) is 9.26. The molecule has 3 heteroatoms. The van der Waals surface area contributed by atoms with E-state index >= 15 is 0 Å². The van der Waals surface area contributed by atoms with Gasteiger partial charge >= 0.3 is 5.97 Å². The zero-order valence-electron chi connectivity index (χ0n) is 12.8. The summed E-state index contributed by atoms with van der Waals surface area (Å²) in [5.41, 5.74) is 1.28. The molecule has 0 fully saturated rings. The maximum atomic E-state index is 11.7. The number of esters is 1. The maximum Gasteiger partial charge on any atom is 0.330 e. The normalized spacial score (nSPS) is 12.0. The average molecular weight is 285 g/mol. The molecule has 0 saturated carbocycles. The Morgan fingerprint density at radius 2 is 2.14 bits per heavy atom. The third-order valence-corrected chi connectivity index (χ3v) is 3.48. The third kappa shape index (κ3) is 6.27. The van der Waals surface area contributed by atoms with E-state index in [1.807, 2.05) is 6.07 Å². The largest absolute Gasteiger partial charge is 0.462 e. The summed E-state index contributed by atoms with van der Waals surface area (Å²) in [4.78, 5) is 11.7. The van der Waals surface area contributed by atoms with Gasteiger partial charge in [-0.3, -0.25) is 0 Å². The number of hydrogen-bond acceptors (Lipinski definition) is 3. The second-order valence-electron chi connectivity index (χ2n) is 5.08. The highest BCUT2D eigenvalue weighted by molar-refractivity contribution is 5.87. The van der Waals surface area contributed by atoms with Gasteiger partial charge in [-0.2, -0.15) is 5.26 Å². The standard InChI is InChI=1S/C18H23NO2/c1-3-5-8-15(4-2)14-21-18(20)12-11-16-9-6-7-10-17(16)13-19/h6-7,9-12,15H,3-5,8,14H2,1-2H3. The van der Waals surface area contributed by atoms with Crippen molar-refractivity contribution in [3.05, 3.63) is 41.5 Å². The fourth-order valence-electron chi connectivity index (χ4n) is 2.05. The van der Waals surface area contributed by atoms with E-state index in [0.29, 0.717) is 18.1 Å². The van der Waals surface area contributed by atoms with E-state index in [0.717, 1.165) is 24.8 Å². The molecule has 0 spiro atoms. The first-order valence-corrected chi connectivity index (χ1v) is 7.55. The molecule has 112 valence electrons. The van der Waals surface area contributed by atoms with Crippen molar-refractivity contribution >= 4 is 12.0 Å². The highest BCUT2D eigenvalue weighted by Gasteiger charge is 2.08. The molecule has 0 amide bonds. The summed E-state index contributed by atoms with van der Waals surface area (Å²) in [5, 5.41) is 8.97. The van der Waals surface area contributed by atoms with Crippen LogP contribution >= 0.6 is 0 Å². The van der Waals surface area contributed by atoms with E-state index in [1.165, 1.54) is 12.5 Å². The summed E-state index contributed by atoms with van der Waals surface area (Å²) in [6.07, 6.45) is 7.48. The predicted octanol–water partition coefficient (Wildman–Crippen LogP) is 4.33. The quantitative estimate of drug-likeness (QED) is 0.527. The molecule has 1 unspecified atom stereocenters. The Hall–Kier alpha value is -2.08. The van der Waals surface area contributed by atoms with Crippen molar-refractivity contribution in [3.8, 4) is 6.07 Å². The Morgan fingerprint density at radius 3 is 2.81 bits per heavy atom. The molecule has 1 aromatic rings. The lowest BCUT2D eigenvalue weighted by Gasteiger charge is -2.13. The van der Waals surface area contributed by atoms with E-state index < -0.39 is 0 Å². The summed E-state index contributed by atoms with van der Waals surface area (Å²) >= 11 is 0. The van der Waals surface area contributed by atoms with Crippen molar-refractivity contribution in [1.82, 2.24) is 0 Å². The molecule has 3 nitrogen and oxygen atoms in total. The number of nitrogens with zero attached hydrogens (tertiary/aromatic N) is 1. The van der Waals surface area contributed by atoms with Crippen LogP contribution in [0, 0.1) is 17.2 Å². The minimum absolute atomic E-state index is 0.349. The van der Waals surface area contributed by atoms with Crippen LogP contribution in [0.2, 0.25) is 0 Å². The Morgan fingerprint density at radius 1 is 1.38 bits per heavy atom. The fraction of sp³-hybridized carbons (Fsp3) is 0.444. The van der Waals surface area contributed by atoms with Crippen molar-refractivity contribution in [3.63, 3.8) is 0 Å². The summed E-state index contributed by atoms with van der Waals surface area (Å²) in [7, 11) is 0. The van der Waals surface area contributed by atoms with E-state index in [1.54, 1.807) is 24.3 Å². The molecule has 0 heterocycles. The molecule has 0 aliphatic rings. The maximum absolute atomic E-state index is 11.7. The average Bonchev–Trinajstić information content (AvgIpc) is 2.53. The van der Waals surface area contributed by atoms with Crippen molar-refractivity contribution in [2.24, 2.45) is 5.92 Å². The molecular weight excluding hydrogens is 262 g/mol. The van der Waals surface area contributed by atoms with Gasteiger partial charge in [-0.05, 0) is 30.0 Å². The molecule has 0 aliphatic carbocycles. The summed E-state index contributed by atoms with van der Waals surface area (Å²) < 4.78 is 5.28. The minimum Gasteiger partial charge on any atom is -0.462 e. The summed E-state index contributed by atoms with van der Waals surface area (Å²) in [6.45, 7) is 4.75. The zero-order valence-corrected chi connectivity index (χ0v) is 12.8. The molecular formula is C18H23NO2. The first-order valence-electron chi connectivity index (χ1n) is 7.55. The highest BCUT2D eigenvalue weighted by Crippen LogP contribution is 2.13. The molecule has 0 N–H and O–H groups in total. The lowest BCUT2D eigenvalue weighted by Crippen LogP contribution is -2.12. The number of nitriles is 1. The van der Waals surface area contributed by atoms with Crippen molar-refractivity contribution in [2.45, 2.75) is 39.5 Å². The van der Waals surface area contributed by atoms with E-state index in [9.17, 15) is 4.79 Å². The smallest absolute Gasteiger partial charge is 0.330 e. The zero-order chi connectivity index (χ0) is 15.5.